The number of rotatable bonds is 9. The van der Waals surface area contributed by atoms with Crippen LogP contribution in [-0.4, -0.2) is 60.4 Å². The first-order valence-corrected chi connectivity index (χ1v) is 13.9. The third-order valence-corrected chi connectivity index (χ3v) is 7.89. The van der Waals surface area contributed by atoms with E-state index in [1.54, 1.807) is 30.3 Å². The van der Waals surface area contributed by atoms with Gasteiger partial charge in [0.15, 0.2) is 11.4 Å². The number of carbonyl (C=O) groups is 2. The highest BCUT2D eigenvalue weighted by Gasteiger charge is 2.49. The minimum Gasteiger partial charge on any atom is -0.445 e. The van der Waals surface area contributed by atoms with E-state index in [4.69, 9.17) is 13.9 Å². The highest BCUT2D eigenvalue weighted by Crippen LogP contribution is 2.42. The van der Waals surface area contributed by atoms with E-state index in [0.717, 1.165) is 11.0 Å². The quantitative estimate of drug-likeness (QED) is 0.266. The van der Waals surface area contributed by atoms with Crippen molar-refractivity contribution in [2.24, 2.45) is 5.92 Å². The van der Waals surface area contributed by atoms with Crippen molar-refractivity contribution in [3.05, 3.63) is 65.3 Å². The number of alkyl halides is 5. The van der Waals surface area contributed by atoms with Crippen LogP contribution in [-0.2, 0) is 16.1 Å². The van der Waals surface area contributed by atoms with Crippen molar-refractivity contribution in [1.29, 1.82) is 0 Å². The molecule has 0 radical (unpaired) electrons. The fourth-order valence-electron chi connectivity index (χ4n) is 5.56. The van der Waals surface area contributed by atoms with Gasteiger partial charge in [-0.3, -0.25) is 0 Å². The number of amides is 3. The summed E-state index contributed by atoms with van der Waals surface area (Å²) in [4.78, 5) is 30.5. The van der Waals surface area contributed by atoms with Crippen molar-refractivity contribution >= 4 is 23.2 Å². The smallest absolute Gasteiger partial charge is 0.410 e. The molecule has 0 unspecified atom stereocenters. The van der Waals surface area contributed by atoms with Crippen LogP contribution in [0.5, 0.6) is 0 Å². The molecule has 238 valence electrons. The minimum absolute atomic E-state index is 0.0173. The molecule has 3 aromatic rings. The average molecular weight is 629 g/mol. The van der Waals surface area contributed by atoms with Crippen molar-refractivity contribution < 1.29 is 49.8 Å². The molecule has 15 heteroatoms. The maximum Gasteiger partial charge on any atom is 0.410 e. The molecule has 1 aliphatic heterocycles. The van der Waals surface area contributed by atoms with E-state index in [1.165, 1.54) is 13.2 Å². The molecule has 2 aromatic carbocycles. The van der Waals surface area contributed by atoms with Crippen LogP contribution in [0.2, 0.25) is 0 Å². The van der Waals surface area contributed by atoms with E-state index in [9.17, 15) is 31.5 Å². The lowest BCUT2D eigenvalue weighted by molar-refractivity contribution is -0.150. The molecule has 0 bridgehead atoms. The zero-order valence-corrected chi connectivity index (χ0v) is 23.5. The van der Waals surface area contributed by atoms with Crippen LogP contribution in [0.25, 0.3) is 11.1 Å². The molecule has 0 spiro atoms. The van der Waals surface area contributed by atoms with Crippen LogP contribution in [0.15, 0.2) is 46.9 Å². The summed E-state index contributed by atoms with van der Waals surface area (Å²) in [6, 6.07) is 5.94. The van der Waals surface area contributed by atoms with Crippen LogP contribution in [0, 0.1) is 11.7 Å². The largest absolute Gasteiger partial charge is 0.445 e. The standard InChI is InChI=1S/C29H30F6N4O5/c1-42-15-21(39-13-22(29(33,34)35)37-26(39)40)18-11-19(30)24-20(12-18)36-25(44-24)23(17-7-9-28(31,32)10-8-17)38-27(41)43-14-16-5-3-2-4-6-16/h2-6,11-12,17,21-23H,7-10,13-15H2,1H3,(H,37,40)(H,38,41)/t21-,22-,23+/m0/s1. The van der Waals surface area contributed by atoms with Crippen molar-refractivity contribution in [3.63, 3.8) is 0 Å². The number of fused-ring (bicyclic) bond motifs is 1. The van der Waals surface area contributed by atoms with E-state index in [2.05, 4.69) is 10.3 Å². The van der Waals surface area contributed by atoms with Crippen molar-refractivity contribution in [2.45, 2.75) is 62.5 Å². The molecule has 2 heterocycles. The van der Waals surface area contributed by atoms with Gasteiger partial charge in [0.25, 0.3) is 0 Å². The van der Waals surface area contributed by atoms with E-state index in [0.29, 0.717) is 5.56 Å². The SMILES string of the molecule is COC[C@@H](c1cc(F)c2oc([C@H](NC(=O)OCc3ccccc3)C3CCC(F)(F)CC3)nc2c1)N1C[C@@H](C(F)(F)F)NC1=O. The molecule has 2 N–H and O–H groups in total. The Morgan fingerprint density at radius 3 is 2.55 bits per heavy atom. The Labute approximate surface area is 247 Å². The first-order valence-electron chi connectivity index (χ1n) is 13.9. The van der Waals surface area contributed by atoms with Crippen molar-refractivity contribution in [1.82, 2.24) is 20.5 Å². The molecule has 2 aliphatic rings. The molecule has 1 saturated carbocycles. The van der Waals surface area contributed by atoms with Gasteiger partial charge < -0.3 is 29.4 Å². The lowest BCUT2D eigenvalue weighted by Gasteiger charge is -2.32. The highest BCUT2D eigenvalue weighted by atomic mass is 19.4. The average Bonchev–Trinajstić information content (AvgIpc) is 3.58. The van der Waals surface area contributed by atoms with Gasteiger partial charge >= 0.3 is 18.3 Å². The molecule has 5 rings (SSSR count). The molecule has 9 nitrogen and oxygen atoms in total. The zero-order chi connectivity index (χ0) is 31.6. The predicted molar refractivity (Wildman–Crippen MR) is 143 cm³/mol. The lowest BCUT2D eigenvalue weighted by atomic mass is 9.82. The zero-order valence-electron chi connectivity index (χ0n) is 23.5. The van der Waals surface area contributed by atoms with Crippen LogP contribution in [0.1, 0.15) is 54.8 Å². The first-order chi connectivity index (χ1) is 20.8. The Balaban J connectivity index is 1.43. The van der Waals surface area contributed by atoms with Crippen LogP contribution < -0.4 is 10.6 Å². The molecule has 44 heavy (non-hydrogen) atoms. The second-order valence-electron chi connectivity index (χ2n) is 10.9. The van der Waals surface area contributed by atoms with Gasteiger partial charge in [0.1, 0.15) is 24.2 Å². The molecular weight excluding hydrogens is 598 g/mol. The van der Waals surface area contributed by atoms with Gasteiger partial charge in [0, 0.05) is 20.0 Å². The third kappa shape index (κ3) is 7.03. The monoisotopic (exact) mass is 628 g/mol. The van der Waals surface area contributed by atoms with Gasteiger partial charge in [-0.2, -0.15) is 13.2 Å². The number of nitrogens with zero attached hydrogens (tertiary/aromatic N) is 2. The van der Waals surface area contributed by atoms with Crippen LogP contribution >= 0.6 is 0 Å². The van der Waals surface area contributed by atoms with E-state index in [-0.39, 0.29) is 48.6 Å². The Kier molecular flexibility index (Phi) is 8.95. The topological polar surface area (TPSA) is 106 Å². The minimum atomic E-state index is -4.69. The fraction of sp³-hybridized carbons (Fsp3) is 0.483. The molecule has 3 amide bonds. The van der Waals surface area contributed by atoms with Gasteiger partial charge in [-0.15, -0.1) is 0 Å². The summed E-state index contributed by atoms with van der Waals surface area (Å²) < 4.78 is 99.4. The number of hydrogen-bond acceptors (Lipinski definition) is 6. The molecule has 2 fully saturated rings. The Morgan fingerprint density at radius 1 is 1.20 bits per heavy atom. The van der Waals surface area contributed by atoms with E-state index in [1.807, 2.05) is 5.32 Å². The van der Waals surface area contributed by atoms with Crippen LogP contribution in [0.4, 0.5) is 35.9 Å². The summed E-state index contributed by atoms with van der Waals surface area (Å²) in [5, 5.41) is 4.51. The first kappa shape index (κ1) is 31.4. The van der Waals surface area contributed by atoms with Crippen molar-refractivity contribution in [2.75, 3.05) is 20.3 Å². The summed E-state index contributed by atoms with van der Waals surface area (Å²) in [6.45, 7) is -1.03. The number of carbonyl (C=O) groups excluding carboxylic acids is 2. The number of nitrogens with one attached hydrogen (secondary N) is 2. The van der Waals surface area contributed by atoms with Gasteiger partial charge in [-0.1, -0.05) is 30.3 Å². The summed E-state index contributed by atoms with van der Waals surface area (Å²) in [7, 11) is 1.28. The molecule has 3 atom stereocenters. The maximum absolute atomic E-state index is 15.4. The molecular formula is C29H30F6N4O5. The lowest BCUT2D eigenvalue weighted by Crippen LogP contribution is -2.40. The second-order valence-corrected chi connectivity index (χ2v) is 10.9. The second kappa shape index (κ2) is 12.5. The summed E-state index contributed by atoms with van der Waals surface area (Å²) in [5.74, 6) is -4.48. The summed E-state index contributed by atoms with van der Waals surface area (Å²) in [6.07, 6.45) is -6.37. The summed E-state index contributed by atoms with van der Waals surface area (Å²) >= 11 is 0. The van der Waals surface area contributed by atoms with Gasteiger partial charge in [0.05, 0.1) is 19.2 Å². The fourth-order valence-corrected chi connectivity index (χ4v) is 5.56. The van der Waals surface area contributed by atoms with E-state index < -0.39 is 73.5 Å². The predicted octanol–water partition coefficient (Wildman–Crippen LogP) is 6.40. The number of alkyl carbamates (subject to hydrolysis) is 1. The van der Waals surface area contributed by atoms with Gasteiger partial charge in [0.2, 0.25) is 11.8 Å². The van der Waals surface area contributed by atoms with Crippen LogP contribution in [0.3, 0.4) is 0 Å². The number of aromatic nitrogens is 1. The van der Waals surface area contributed by atoms with E-state index >= 15 is 4.39 Å². The number of methoxy groups -OCH3 is 1. The number of ether oxygens (including phenoxy) is 2. The van der Waals surface area contributed by atoms with Crippen molar-refractivity contribution in [3.8, 4) is 0 Å². The Bertz CT molecular complexity index is 1470. The van der Waals surface area contributed by atoms with Gasteiger partial charge in [-0.05, 0) is 42.0 Å². The Morgan fingerprint density at radius 2 is 1.91 bits per heavy atom. The van der Waals surface area contributed by atoms with Gasteiger partial charge in [-0.25, -0.2) is 27.7 Å². The maximum atomic E-state index is 15.4. The number of urea groups is 1. The highest BCUT2D eigenvalue weighted by molar-refractivity contribution is 5.79. The third-order valence-electron chi connectivity index (χ3n) is 7.89. The number of hydrogen-bond donors (Lipinski definition) is 2. The molecule has 1 aliphatic carbocycles. The number of halogens is 6. The Hall–Kier alpha value is -4.01. The normalized spacial score (nSPS) is 20.4. The molecule has 1 aromatic heterocycles. The summed E-state index contributed by atoms with van der Waals surface area (Å²) in [5.41, 5.74) is 0.448. The number of oxazole rings is 1. The number of benzene rings is 2. The molecule has 1 saturated heterocycles.